The van der Waals surface area contributed by atoms with Crippen molar-refractivity contribution in [1.29, 1.82) is 0 Å². The Morgan fingerprint density at radius 2 is 1.37 bits per heavy atom. The maximum absolute atomic E-state index is 10.7. The second-order valence-corrected chi connectivity index (χ2v) is 5.00. The van der Waals surface area contributed by atoms with Gasteiger partial charge in [-0.15, -0.1) is 0 Å². The zero-order valence-corrected chi connectivity index (χ0v) is 11.5. The summed E-state index contributed by atoms with van der Waals surface area (Å²) in [7, 11) is 0. The Labute approximate surface area is 114 Å². The summed E-state index contributed by atoms with van der Waals surface area (Å²) >= 11 is 0. The first-order chi connectivity index (χ1) is 9.15. The van der Waals surface area contributed by atoms with Gasteiger partial charge in [-0.05, 0) is 36.1 Å². The quantitative estimate of drug-likeness (QED) is 0.882. The fraction of sp³-hybridized carbons (Fsp3) is 0.294. The highest BCUT2D eigenvalue weighted by molar-refractivity contribution is 5.35. The van der Waals surface area contributed by atoms with Gasteiger partial charge in [0.25, 0.3) is 0 Å². The van der Waals surface area contributed by atoms with Crippen molar-refractivity contribution in [3.8, 4) is 0 Å². The van der Waals surface area contributed by atoms with Crippen LogP contribution < -0.4 is 5.73 Å². The minimum atomic E-state index is -0.563. The van der Waals surface area contributed by atoms with Crippen molar-refractivity contribution in [2.24, 2.45) is 5.73 Å². The third-order valence-electron chi connectivity index (χ3n) is 3.73. The molecule has 2 rings (SSSR count). The van der Waals surface area contributed by atoms with Crippen LogP contribution in [0.3, 0.4) is 0 Å². The molecule has 2 aromatic rings. The van der Waals surface area contributed by atoms with Crippen molar-refractivity contribution in [2.75, 3.05) is 6.54 Å². The van der Waals surface area contributed by atoms with Crippen LogP contribution in [0.1, 0.15) is 34.3 Å². The summed E-state index contributed by atoms with van der Waals surface area (Å²) in [5.41, 5.74) is 10.3. The number of nitrogens with two attached hydrogens (primary N) is 1. The third kappa shape index (κ3) is 2.86. The third-order valence-corrected chi connectivity index (χ3v) is 3.73. The minimum absolute atomic E-state index is 0.0673. The van der Waals surface area contributed by atoms with Crippen molar-refractivity contribution in [3.05, 3.63) is 70.8 Å². The normalized spacial score (nSPS) is 14.1. The van der Waals surface area contributed by atoms with Crippen LogP contribution in [0, 0.1) is 13.8 Å². The first-order valence-corrected chi connectivity index (χ1v) is 6.64. The number of rotatable bonds is 4. The molecule has 3 N–H and O–H groups in total. The van der Waals surface area contributed by atoms with Crippen molar-refractivity contribution in [1.82, 2.24) is 0 Å². The number of aliphatic hydroxyl groups excluding tert-OH is 1. The van der Waals surface area contributed by atoms with Gasteiger partial charge in [0, 0.05) is 12.5 Å². The van der Waals surface area contributed by atoms with Gasteiger partial charge in [-0.25, -0.2) is 0 Å². The van der Waals surface area contributed by atoms with Crippen molar-refractivity contribution in [3.63, 3.8) is 0 Å². The fourth-order valence-electron chi connectivity index (χ4n) is 2.56. The molecule has 2 heteroatoms. The van der Waals surface area contributed by atoms with Crippen LogP contribution in [-0.2, 0) is 0 Å². The van der Waals surface area contributed by atoms with E-state index in [1.807, 2.05) is 49.4 Å². The molecule has 0 saturated carbocycles. The molecule has 0 aliphatic carbocycles. The molecule has 0 aliphatic heterocycles. The average Bonchev–Trinajstić information content (AvgIpc) is 2.42. The molecule has 2 atom stereocenters. The lowest BCUT2D eigenvalue weighted by Crippen LogP contribution is -2.21. The number of hydrogen-bond acceptors (Lipinski definition) is 2. The smallest absolute Gasteiger partial charge is 0.0873 e. The maximum atomic E-state index is 10.7. The molecular weight excluding hydrogens is 234 g/mol. The Bertz CT molecular complexity index is 550. The zero-order valence-electron chi connectivity index (χ0n) is 11.5. The minimum Gasteiger partial charge on any atom is -0.388 e. The molecule has 0 aromatic heterocycles. The monoisotopic (exact) mass is 255 g/mol. The second kappa shape index (κ2) is 6.00. The Balaban J connectivity index is 2.38. The van der Waals surface area contributed by atoms with E-state index < -0.39 is 6.10 Å². The zero-order chi connectivity index (χ0) is 13.8. The van der Waals surface area contributed by atoms with Gasteiger partial charge in [-0.3, -0.25) is 0 Å². The SMILES string of the molecule is Cc1ccccc1C(O)C(CN)c1ccccc1C. The lowest BCUT2D eigenvalue weighted by atomic mass is 9.85. The number of hydrogen-bond donors (Lipinski definition) is 2. The van der Waals surface area contributed by atoms with Crippen molar-refractivity contribution < 1.29 is 5.11 Å². The highest BCUT2D eigenvalue weighted by Gasteiger charge is 2.23. The van der Waals surface area contributed by atoms with E-state index in [-0.39, 0.29) is 5.92 Å². The van der Waals surface area contributed by atoms with E-state index in [9.17, 15) is 5.11 Å². The Morgan fingerprint density at radius 1 is 0.895 bits per heavy atom. The summed E-state index contributed by atoms with van der Waals surface area (Å²) < 4.78 is 0. The molecule has 0 heterocycles. The van der Waals surface area contributed by atoms with E-state index in [0.717, 1.165) is 16.7 Å². The molecule has 0 saturated heterocycles. The summed E-state index contributed by atoms with van der Waals surface area (Å²) in [6.07, 6.45) is -0.563. The number of aryl methyl sites for hydroxylation is 2. The van der Waals surface area contributed by atoms with E-state index >= 15 is 0 Å². The molecule has 19 heavy (non-hydrogen) atoms. The Morgan fingerprint density at radius 3 is 1.84 bits per heavy atom. The standard InChI is InChI=1S/C17H21NO/c1-12-7-3-5-9-14(12)16(11-18)17(19)15-10-6-4-8-13(15)2/h3-10,16-17,19H,11,18H2,1-2H3. The van der Waals surface area contributed by atoms with Crippen LogP contribution in [0.2, 0.25) is 0 Å². The Hall–Kier alpha value is -1.64. The summed E-state index contributed by atoms with van der Waals surface area (Å²) in [5.74, 6) is -0.0673. The number of aliphatic hydroxyl groups is 1. The Kier molecular flexibility index (Phi) is 4.35. The topological polar surface area (TPSA) is 46.2 Å². The van der Waals surface area contributed by atoms with Gasteiger partial charge in [0.2, 0.25) is 0 Å². The largest absolute Gasteiger partial charge is 0.388 e. The first-order valence-electron chi connectivity index (χ1n) is 6.64. The molecule has 2 aromatic carbocycles. The maximum Gasteiger partial charge on any atom is 0.0873 e. The summed E-state index contributed by atoms with van der Waals surface area (Å²) in [5, 5.41) is 10.7. The van der Waals surface area contributed by atoms with Crippen molar-refractivity contribution >= 4 is 0 Å². The van der Waals surface area contributed by atoms with Crippen LogP contribution >= 0.6 is 0 Å². The summed E-state index contributed by atoms with van der Waals surface area (Å²) in [6, 6.07) is 16.0. The van der Waals surface area contributed by atoms with Crippen LogP contribution in [-0.4, -0.2) is 11.7 Å². The number of benzene rings is 2. The van der Waals surface area contributed by atoms with Gasteiger partial charge in [0.05, 0.1) is 6.10 Å². The van der Waals surface area contributed by atoms with E-state index in [1.54, 1.807) is 0 Å². The summed E-state index contributed by atoms with van der Waals surface area (Å²) in [6.45, 7) is 4.51. The second-order valence-electron chi connectivity index (χ2n) is 5.00. The van der Waals surface area contributed by atoms with Gasteiger partial charge in [-0.1, -0.05) is 48.5 Å². The first kappa shape index (κ1) is 13.8. The van der Waals surface area contributed by atoms with Crippen LogP contribution in [0.25, 0.3) is 0 Å². The van der Waals surface area contributed by atoms with Crippen molar-refractivity contribution in [2.45, 2.75) is 25.9 Å². The van der Waals surface area contributed by atoms with Gasteiger partial charge < -0.3 is 10.8 Å². The molecule has 0 radical (unpaired) electrons. The van der Waals surface area contributed by atoms with E-state index in [4.69, 9.17) is 5.73 Å². The average molecular weight is 255 g/mol. The van der Waals surface area contributed by atoms with Gasteiger partial charge in [0.15, 0.2) is 0 Å². The molecule has 0 aliphatic rings. The van der Waals surface area contributed by atoms with Gasteiger partial charge >= 0.3 is 0 Å². The van der Waals surface area contributed by atoms with E-state index in [2.05, 4.69) is 13.0 Å². The van der Waals surface area contributed by atoms with Gasteiger partial charge in [0.1, 0.15) is 0 Å². The molecular formula is C17H21NO. The fourth-order valence-corrected chi connectivity index (χ4v) is 2.56. The molecule has 0 amide bonds. The molecule has 0 spiro atoms. The van der Waals surface area contributed by atoms with E-state index in [1.165, 1.54) is 5.56 Å². The highest BCUT2D eigenvalue weighted by Crippen LogP contribution is 2.33. The lowest BCUT2D eigenvalue weighted by molar-refractivity contribution is 0.146. The molecule has 100 valence electrons. The summed E-state index contributed by atoms with van der Waals surface area (Å²) in [4.78, 5) is 0. The van der Waals surface area contributed by atoms with Gasteiger partial charge in [-0.2, -0.15) is 0 Å². The van der Waals surface area contributed by atoms with Crippen LogP contribution in [0.4, 0.5) is 0 Å². The predicted molar refractivity (Wildman–Crippen MR) is 79.1 cm³/mol. The highest BCUT2D eigenvalue weighted by atomic mass is 16.3. The molecule has 2 nitrogen and oxygen atoms in total. The predicted octanol–water partition coefficient (Wildman–Crippen LogP) is 3.08. The molecule has 0 bridgehead atoms. The van der Waals surface area contributed by atoms with Crippen LogP contribution in [0.15, 0.2) is 48.5 Å². The molecule has 2 unspecified atom stereocenters. The van der Waals surface area contributed by atoms with E-state index in [0.29, 0.717) is 6.54 Å². The van der Waals surface area contributed by atoms with Crippen LogP contribution in [0.5, 0.6) is 0 Å². The lowest BCUT2D eigenvalue weighted by Gasteiger charge is -2.25. The molecule has 0 fully saturated rings.